The van der Waals surface area contributed by atoms with E-state index in [4.69, 9.17) is 0 Å². The number of aryl methyl sites for hydroxylation is 1. The van der Waals surface area contributed by atoms with Gasteiger partial charge in [-0.25, -0.2) is 0 Å². The summed E-state index contributed by atoms with van der Waals surface area (Å²) in [6.45, 7) is 0.423. The van der Waals surface area contributed by atoms with Crippen LogP contribution in [0.25, 0.3) is 10.8 Å². The number of amides is 1. The Bertz CT molecular complexity index is 1170. The van der Waals surface area contributed by atoms with Crippen molar-refractivity contribution in [1.29, 1.82) is 0 Å². The minimum atomic E-state index is -0.317. The van der Waals surface area contributed by atoms with Crippen molar-refractivity contribution in [3.63, 3.8) is 0 Å². The van der Waals surface area contributed by atoms with Gasteiger partial charge in [-0.3, -0.25) is 14.6 Å². The first-order valence-corrected chi connectivity index (χ1v) is 9.10. The van der Waals surface area contributed by atoms with Crippen LogP contribution in [0.2, 0.25) is 0 Å². The molecule has 0 unspecified atom stereocenters. The van der Waals surface area contributed by atoms with Gasteiger partial charge < -0.3 is 9.88 Å². The Labute approximate surface area is 162 Å². The van der Waals surface area contributed by atoms with Crippen molar-refractivity contribution >= 4 is 22.4 Å². The van der Waals surface area contributed by atoms with Gasteiger partial charge in [0.05, 0.1) is 0 Å². The molecule has 0 saturated heterocycles. The fourth-order valence-corrected chi connectivity index (χ4v) is 3.22. The van der Waals surface area contributed by atoms with Crippen molar-refractivity contribution in [2.24, 2.45) is 0 Å². The number of nitrogens with zero attached hydrogens (tertiary/aromatic N) is 2. The second-order valence-corrected chi connectivity index (χ2v) is 6.50. The van der Waals surface area contributed by atoms with E-state index in [0.29, 0.717) is 29.7 Å². The third-order valence-electron chi connectivity index (χ3n) is 4.66. The summed E-state index contributed by atoms with van der Waals surface area (Å²) in [5.41, 5.74) is 1.93. The number of pyridine rings is 2. The number of nitrogens with one attached hydrogen (secondary N) is 1. The van der Waals surface area contributed by atoms with Gasteiger partial charge in [0.15, 0.2) is 0 Å². The number of hydrogen-bond acceptors (Lipinski definition) is 3. The Morgan fingerprint density at radius 3 is 2.43 bits per heavy atom. The molecule has 2 heterocycles. The van der Waals surface area contributed by atoms with Crippen molar-refractivity contribution in [3.05, 3.63) is 107 Å². The zero-order valence-corrected chi connectivity index (χ0v) is 15.2. The minimum Gasteiger partial charge on any atom is -0.321 e. The molecule has 0 fully saturated rings. The fourth-order valence-electron chi connectivity index (χ4n) is 3.22. The van der Waals surface area contributed by atoms with Crippen LogP contribution < -0.4 is 10.9 Å². The summed E-state index contributed by atoms with van der Waals surface area (Å²) in [6.07, 6.45) is 3.88. The normalized spacial score (nSPS) is 10.7. The van der Waals surface area contributed by atoms with Crippen LogP contribution in [0.3, 0.4) is 0 Å². The first-order chi connectivity index (χ1) is 13.7. The fraction of sp³-hybridized carbons (Fsp3) is 0.0870. The highest BCUT2D eigenvalue weighted by molar-refractivity contribution is 6.05. The van der Waals surface area contributed by atoms with Gasteiger partial charge in [-0.15, -0.1) is 0 Å². The lowest BCUT2D eigenvalue weighted by atomic mass is 10.1. The maximum Gasteiger partial charge on any atom is 0.272 e. The van der Waals surface area contributed by atoms with E-state index in [1.54, 1.807) is 41.2 Å². The zero-order valence-electron chi connectivity index (χ0n) is 15.2. The average Bonchev–Trinajstić information content (AvgIpc) is 2.74. The van der Waals surface area contributed by atoms with E-state index in [0.717, 1.165) is 10.9 Å². The van der Waals surface area contributed by atoms with E-state index in [1.165, 1.54) is 0 Å². The Kier molecular flexibility index (Phi) is 4.97. The van der Waals surface area contributed by atoms with Crippen LogP contribution in [-0.2, 0) is 13.0 Å². The molecule has 4 aromatic rings. The Morgan fingerprint density at radius 2 is 1.64 bits per heavy atom. The van der Waals surface area contributed by atoms with E-state index in [1.807, 2.05) is 48.5 Å². The van der Waals surface area contributed by atoms with Crippen LogP contribution >= 0.6 is 0 Å². The number of carbonyl (C=O) groups is 1. The van der Waals surface area contributed by atoms with E-state index in [2.05, 4.69) is 10.3 Å². The number of anilines is 1. The van der Waals surface area contributed by atoms with Crippen LogP contribution in [0.1, 0.15) is 16.1 Å². The quantitative estimate of drug-likeness (QED) is 0.580. The SMILES string of the molecule is O=C(Nc1ccncc1)c1cc2ccccc2c(=O)n1CCc1ccccc1. The van der Waals surface area contributed by atoms with Gasteiger partial charge in [0.1, 0.15) is 5.69 Å². The molecule has 138 valence electrons. The molecule has 5 nitrogen and oxygen atoms in total. The third-order valence-corrected chi connectivity index (χ3v) is 4.66. The first-order valence-electron chi connectivity index (χ1n) is 9.10. The highest BCUT2D eigenvalue weighted by Crippen LogP contribution is 2.15. The maximum absolute atomic E-state index is 13.1. The molecule has 28 heavy (non-hydrogen) atoms. The molecule has 0 saturated carbocycles. The van der Waals surface area contributed by atoms with Gasteiger partial charge in [0.2, 0.25) is 0 Å². The van der Waals surface area contributed by atoms with Gasteiger partial charge in [0, 0.05) is 30.0 Å². The summed E-state index contributed by atoms with van der Waals surface area (Å²) in [4.78, 5) is 30.0. The summed E-state index contributed by atoms with van der Waals surface area (Å²) in [5, 5.41) is 4.21. The van der Waals surface area contributed by atoms with E-state index >= 15 is 0 Å². The van der Waals surface area contributed by atoms with Gasteiger partial charge in [-0.05, 0) is 41.6 Å². The number of carbonyl (C=O) groups excluding carboxylic acids is 1. The summed E-state index contributed by atoms with van der Waals surface area (Å²) in [7, 11) is 0. The Hall–Kier alpha value is -3.73. The van der Waals surface area contributed by atoms with E-state index in [-0.39, 0.29) is 11.5 Å². The number of rotatable bonds is 5. The van der Waals surface area contributed by atoms with Crippen LogP contribution in [0, 0.1) is 0 Å². The lowest BCUT2D eigenvalue weighted by molar-refractivity contribution is 0.101. The number of hydrogen-bond donors (Lipinski definition) is 1. The lowest BCUT2D eigenvalue weighted by Crippen LogP contribution is -2.29. The summed E-state index contributed by atoms with van der Waals surface area (Å²) in [6, 6.07) is 22.5. The second-order valence-electron chi connectivity index (χ2n) is 6.50. The molecule has 0 aliphatic heterocycles. The van der Waals surface area contributed by atoms with Crippen LogP contribution in [0.15, 0.2) is 90.0 Å². The Balaban J connectivity index is 1.74. The first kappa shape index (κ1) is 17.7. The highest BCUT2D eigenvalue weighted by Gasteiger charge is 2.16. The van der Waals surface area contributed by atoms with Crippen LogP contribution in [-0.4, -0.2) is 15.5 Å². The van der Waals surface area contributed by atoms with Crippen molar-refractivity contribution in [1.82, 2.24) is 9.55 Å². The predicted molar refractivity (Wildman–Crippen MR) is 111 cm³/mol. The molecule has 0 spiro atoms. The van der Waals surface area contributed by atoms with E-state index in [9.17, 15) is 9.59 Å². The molecule has 0 bridgehead atoms. The van der Waals surface area contributed by atoms with Crippen LogP contribution in [0.5, 0.6) is 0 Å². The molecule has 1 N–H and O–H groups in total. The maximum atomic E-state index is 13.1. The molecular formula is C23H19N3O2. The molecule has 0 aliphatic rings. The largest absolute Gasteiger partial charge is 0.321 e. The van der Waals surface area contributed by atoms with Gasteiger partial charge in [0.25, 0.3) is 11.5 Å². The smallest absolute Gasteiger partial charge is 0.272 e. The van der Waals surface area contributed by atoms with Crippen molar-refractivity contribution < 1.29 is 4.79 Å². The molecule has 4 rings (SSSR count). The Morgan fingerprint density at radius 1 is 0.929 bits per heavy atom. The topological polar surface area (TPSA) is 64.0 Å². The number of benzene rings is 2. The molecule has 0 aliphatic carbocycles. The second kappa shape index (κ2) is 7.88. The van der Waals surface area contributed by atoms with Gasteiger partial charge >= 0.3 is 0 Å². The van der Waals surface area contributed by atoms with Gasteiger partial charge in [-0.2, -0.15) is 0 Å². The molecule has 1 amide bonds. The molecule has 0 atom stereocenters. The summed E-state index contributed by atoms with van der Waals surface area (Å²) in [5.74, 6) is -0.317. The molecule has 2 aromatic carbocycles. The predicted octanol–water partition coefficient (Wildman–Crippen LogP) is 3.89. The van der Waals surface area contributed by atoms with Crippen LogP contribution in [0.4, 0.5) is 5.69 Å². The highest BCUT2D eigenvalue weighted by atomic mass is 16.2. The van der Waals surface area contributed by atoms with Crippen molar-refractivity contribution in [2.75, 3.05) is 5.32 Å². The van der Waals surface area contributed by atoms with Crippen molar-refractivity contribution in [2.45, 2.75) is 13.0 Å². The lowest BCUT2D eigenvalue weighted by Gasteiger charge is -2.15. The monoisotopic (exact) mass is 369 g/mol. The minimum absolute atomic E-state index is 0.158. The molecular weight excluding hydrogens is 350 g/mol. The molecule has 0 radical (unpaired) electrons. The van der Waals surface area contributed by atoms with E-state index < -0.39 is 0 Å². The zero-order chi connectivity index (χ0) is 19.3. The summed E-state index contributed by atoms with van der Waals surface area (Å²) < 4.78 is 1.56. The molecule has 2 aromatic heterocycles. The average molecular weight is 369 g/mol. The van der Waals surface area contributed by atoms with Gasteiger partial charge in [-0.1, -0.05) is 48.5 Å². The summed E-state index contributed by atoms with van der Waals surface area (Å²) >= 11 is 0. The molecule has 5 heteroatoms. The number of fused-ring (bicyclic) bond motifs is 1. The third kappa shape index (κ3) is 3.69. The van der Waals surface area contributed by atoms with Crippen molar-refractivity contribution in [3.8, 4) is 0 Å². The number of aromatic nitrogens is 2. The standard InChI is InChI=1S/C23H19N3O2/c27-22(25-19-10-13-24-14-11-19)21-16-18-8-4-5-9-20(18)23(28)26(21)15-12-17-6-2-1-3-7-17/h1-11,13-14,16H,12,15H2,(H,24,25,27).